The number of hydrogen-bond donors (Lipinski definition) is 2. The van der Waals surface area contributed by atoms with Crippen molar-refractivity contribution in [3.8, 4) is 5.88 Å². The van der Waals surface area contributed by atoms with Crippen molar-refractivity contribution in [2.45, 2.75) is 32.6 Å². The van der Waals surface area contributed by atoms with Gasteiger partial charge in [0.1, 0.15) is 11.6 Å². The van der Waals surface area contributed by atoms with Crippen molar-refractivity contribution in [2.24, 2.45) is 10.4 Å². The Bertz CT molecular complexity index is 550. The fourth-order valence-corrected chi connectivity index (χ4v) is 3.04. The van der Waals surface area contributed by atoms with Crippen LogP contribution in [0.3, 0.4) is 0 Å². The van der Waals surface area contributed by atoms with E-state index in [-0.39, 0.29) is 0 Å². The highest BCUT2D eigenvalue weighted by Gasteiger charge is 2.36. The first-order valence-corrected chi connectivity index (χ1v) is 9.31. The molecule has 1 heterocycles. The van der Waals surface area contributed by atoms with Crippen LogP contribution in [-0.4, -0.2) is 50.9 Å². The van der Waals surface area contributed by atoms with E-state index in [1.54, 1.807) is 25.4 Å². The number of aromatic nitrogens is 1. The van der Waals surface area contributed by atoms with Crippen molar-refractivity contribution in [3.05, 3.63) is 23.4 Å². The minimum Gasteiger partial charge on any atom is -0.475 e. The Kier molecular flexibility index (Phi) is 8.28. The third-order valence-electron chi connectivity index (χ3n) is 4.53. The average molecular weight is 369 g/mol. The quantitative estimate of drug-likeness (QED) is 0.377. The summed E-state index contributed by atoms with van der Waals surface area (Å²) in [7, 11) is 1.76. The van der Waals surface area contributed by atoms with Gasteiger partial charge in [0.2, 0.25) is 5.88 Å². The van der Waals surface area contributed by atoms with Crippen LogP contribution in [0.5, 0.6) is 5.88 Å². The van der Waals surface area contributed by atoms with Crippen LogP contribution in [-0.2, 0) is 4.74 Å². The van der Waals surface area contributed by atoms with Crippen LogP contribution in [0, 0.1) is 5.41 Å². The molecule has 0 spiro atoms. The molecule has 7 heteroatoms. The molecule has 1 aliphatic rings. The van der Waals surface area contributed by atoms with E-state index in [4.69, 9.17) is 26.1 Å². The van der Waals surface area contributed by atoms with Gasteiger partial charge in [-0.1, -0.05) is 18.0 Å². The second-order valence-electron chi connectivity index (χ2n) is 6.36. The van der Waals surface area contributed by atoms with Gasteiger partial charge in [0.15, 0.2) is 5.96 Å². The van der Waals surface area contributed by atoms with E-state index in [1.807, 2.05) is 0 Å². The zero-order chi connectivity index (χ0) is 18.0. The molecule has 25 heavy (non-hydrogen) atoms. The van der Waals surface area contributed by atoms with Gasteiger partial charge < -0.3 is 20.1 Å². The van der Waals surface area contributed by atoms with Crippen LogP contribution in [0.15, 0.2) is 23.3 Å². The summed E-state index contributed by atoms with van der Waals surface area (Å²) in [5, 5.41) is 7.10. The van der Waals surface area contributed by atoms with Gasteiger partial charge in [-0.15, -0.1) is 0 Å². The normalized spacial score (nSPS) is 16.2. The van der Waals surface area contributed by atoms with Gasteiger partial charge in [0.05, 0.1) is 6.54 Å². The Hall–Kier alpha value is -1.53. The number of hydrogen-bond acceptors (Lipinski definition) is 4. The molecule has 0 radical (unpaired) electrons. The van der Waals surface area contributed by atoms with Crippen molar-refractivity contribution in [1.82, 2.24) is 15.6 Å². The molecule has 1 aliphatic carbocycles. The van der Waals surface area contributed by atoms with Gasteiger partial charge in [-0.25, -0.2) is 4.98 Å². The van der Waals surface area contributed by atoms with E-state index in [0.29, 0.717) is 29.5 Å². The lowest BCUT2D eigenvalue weighted by atomic mass is 9.67. The molecule has 2 N–H and O–H groups in total. The molecule has 0 atom stereocenters. The Morgan fingerprint density at radius 1 is 1.36 bits per heavy atom. The molecule has 0 aliphatic heterocycles. The van der Waals surface area contributed by atoms with Crippen molar-refractivity contribution in [2.75, 3.05) is 40.0 Å². The molecule has 0 amide bonds. The monoisotopic (exact) mass is 368 g/mol. The van der Waals surface area contributed by atoms with Gasteiger partial charge in [-0.05, 0) is 43.7 Å². The zero-order valence-corrected chi connectivity index (χ0v) is 15.9. The van der Waals surface area contributed by atoms with Crippen molar-refractivity contribution >= 4 is 17.6 Å². The molecule has 2 rings (SSSR count). The number of ether oxygens (including phenoxy) is 2. The molecule has 1 saturated carbocycles. The molecule has 0 saturated heterocycles. The Labute approximate surface area is 155 Å². The van der Waals surface area contributed by atoms with E-state index < -0.39 is 0 Å². The maximum Gasteiger partial charge on any atom is 0.232 e. The summed E-state index contributed by atoms with van der Waals surface area (Å²) < 4.78 is 10.8. The summed E-state index contributed by atoms with van der Waals surface area (Å²) in [5.41, 5.74) is 0.316. The third-order valence-corrected chi connectivity index (χ3v) is 4.81. The van der Waals surface area contributed by atoms with Gasteiger partial charge in [0, 0.05) is 33.0 Å². The van der Waals surface area contributed by atoms with Crippen molar-refractivity contribution < 1.29 is 9.47 Å². The van der Waals surface area contributed by atoms with E-state index in [0.717, 1.165) is 32.1 Å². The van der Waals surface area contributed by atoms with Gasteiger partial charge in [0.25, 0.3) is 0 Å². The largest absolute Gasteiger partial charge is 0.475 e. The second kappa shape index (κ2) is 10.5. The Morgan fingerprint density at radius 3 is 2.84 bits per heavy atom. The molecular formula is C18H29ClN4O2. The summed E-state index contributed by atoms with van der Waals surface area (Å²) in [6.07, 6.45) is 6.51. The predicted molar refractivity (Wildman–Crippen MR) is 102 cm³/mol. The highest BCUT2D eigenvalue weighted by molar-refractivity contribution is 6.31. The van der Waals surface area contributed by atoms with Crippen LogP contribution >= 0.6 is 11.6 Å². The Morgan fingerprint density at radius 2 is 2.20 bits per heavy atom. The summed E-state index contributed by atoms with van der Waals surface area (Å²) >= 11 is 6.03. The first kappa shape index (κ1) is 19.8. The standard InChI is InChI=1S/C18H29ClN4O2/c1-3-20-17(23-14-18(7-5-8-18)9-12-24-2)22-11-13-25-16-15(19)6-4-10-21-16/h4,6,10H,3,5,7-9,11-14H2,1-2H3,(H2,20,22,23). The summed E-state index contributed by atoms with van der Waals surface area (Å²) in [6, 6.07) is 3.55. The summed E-state index contributed by atoms with van der Waals surface area (Å²) in [5.74, 6) is 1.28. The number of halogens is 1. The number of aliphatic imine (C=N–C) groups is 1. The van der Waals surface area contributed by atoms with Crippen LogP contribution in [0.25, 0.3) is 0 Å². The van der Waals surface area contributed by atoms with Crippen LogP contribution in [0.4, 0.5) is 0 Å². The SMILES string of the molecule is CCNC(=NCC1(CCOC)CCC1)NCCOc1ncccc1Cl. The van der Waals surface area contributed by atoms with Gasteiger partial charge >= 0.3 is 0 Å². The molecular weight excluding hydrogens is 340 g/mol. The van der Waals surface area contributed by atoms with E-state index in [9.17, 15) is 0 Å². The number of nitrogens with zero attached hydrogens (tertiary/aromatic N) is 2. The number of pyridine rings is 1. The number of methoxy groups -OCH3 is 1. The lowest BCUT2D eigenvalue weighted by molar-refractivity contribution is 0.0778. The lowest BCUT2D eigenvalue weighted by Crippen LogP contribution is -2.41. The Balaban J connectivity index is 1.78. The van der Waals surface area contributed by atoms with Crippen molar-refractivity contribution in [1.29, 1.82) is 0 Å². The molecule has 140 valence electrons. The second-order valence-corrected chi connectivity index (χ2v) is 6.76. The molecule has 6 nitrogen and oxygen atoms in total. The number of rotatable bonds is 10. The van der Waals surface area contributed by atoms with Crippen molar-refractivity contribution in [3.63, 3.8) is 0 Å². The number of guanidine groups is 1. The number of nitrogens with one attached hydrogen (secondary N) is 2. The topological polar surface area (TPSA) is 67.8 Å². The molecule has 0 aromatic carbocycles. The first-order valence-electron chi connectivity index (χ1n) is 8.93. The third kappa shape index (κ3) is 6.36. The molecule has 0 unspecified atom stereocenters. The fraction of sp³-hybridized carbons (Fsp3) is 0.667. The lowest BCUT2D eigenvalue weighted by Gasteiger charge is -2.40. The molecule has 1 fully saturated rings. The highest BCUT2D eigenvalue weighted by atomic mass is 35.5. The molecule has 1 aromatic rings. The maximum absolute atomic E-state index is 6.03. The minimum absolute atomic E-state index is 0.316. The zero-order valence-electron chi connectivity index (χ0n) is 15.2. The van der Waals surface area contributed by atoms with Crippen LogP contribution < -0.4 is 15.4 Å². The predicted octanol–water partition coefficient (Wildman–Crippen LogP) is 2.88. The van der Waals surface area contributed by atoms with Crippen LogP contribution in [0.2, 0.25) is 5.02 Å². The molecule has 1 aromatic heterocycles. The van der Waals surface area contributed by atoms with E-state index in [2.05, 4.69) is 22.5 Å². The van der Waals surface area contributed by atoms with Gasteiger partial charge in [-0.3, -0.25) is 4.99 Å². The first-order chi connectivity index (χ1) is 12.2. The average Bonchev–Trinajstić information content (AvgIpc) is 2.58. The van der Waals surface area contributed by atoms with Crippen LogP contribution in [0.1, 0.15) is 32.6 Å². The minimum atomic E-state index is 0.316. The fourth-order valence-electron chi connectivity index (χ4n) is 2.87. The molecule has 0 bridgehead atoms. The van der Waals surface area contributed by atoms with E-state index >= 15 is 0 Å². The summed E-state index contributed by atoms with van der Waals surface area (Å²) in [4.78, 5) is 8.87. The van der Waals surface area contributed by atoms with Gasteiger partial charge in [-0.2, -0.15) is 0 Å². The summed E-state index contributed by atoms with van der Waals surface area (Å²) in [6.45, 7) is 5.62. The van der Waals surface area contributed by atoms with E-state index in [1.165, 1.54) is 19.3 Å². The highest BCUT2D eigenvalue weighted by Crippen LogP contribution is 2.44. The smallest absolute Gasteiger partial charge is 0.232 e. The maximum atomic E-state index is 6.03.